The standard InChI is InChI=1S/C16H24N2O2/c1-12(17)14-8-9-18(10-14)11-15(16(19)20-2)13-6-4-3-5-7-13/h3-7,12,14-15H,8-11,17H2,1-2H3. The van der Waals surface area contributed by atoms with E-state index in [2.05, 4.69) is 11.8 Å². The monoisotopic (exact) mass is 276 g/mol. The molecule has 0 aliphatic carbocycles. The number of methoxy groups -OCH3 is 1. The Morgan fingerprint density at radius 2 is 2.15 bits per heavy atom. The molecule has 1 heterocycles. The van der Waals surface area contributed by atoms with E-state index in [9.17, 15) is 4.79 Å². The Bertz CT molecular complexity index is 433. The summed E-state index contributed by atoms with van der Waals surface area (Å²) >= 11 is 0. The number of benzene rings is 1. The van der Waals surface area contributed by atoms with Crippen LogP contribution in [0.2, 0.25) is 0 Å². The first-order valence-electron chi connectivity index (χ1n) is 7.22. The maximum Gasteiger partial charge on any atom is 0.314 e. The van der Waals surface area contributed by atoms with Crippen molar-refractivity contribution in [2.75, 3.05) is 26.7 Å². The van der Waals surface area contributed by atoms with E-state index in [1.54, 1.807) is 0 Å². The number of ether oxygens (including phenoxy) is 1. The molecule has 1 fully saturated rings. The molecule has 110 valence electrons. The van der Waals surface area contributed by atoms with Crippen LogP contribution < -0.4 is 5.73 Å². The molecule has 0 bridgehead atoms. The quantitative estimate of drug-likeness (QED) is 0.830. The Labute approximate surface area is 120 Å². The lowest BCUT2D eigenvalue weighted by Gasteiger charge is -2.23. The number of nitrogens with zero attached hydrogens (tertiary/aromatic N) is 1. The Morgan fingerprint density at radius 1 is 1.45 bits per heavy atom. The average molecular weight is 276 g/mol. The highest BCUT2D eigenvalue weighted by Gasteiger charge is 2.30. The molecule has 4 nitrogen and oxygen atoms in total. The molecule has 3 atom stereocenters. The number of rotatable bonds is 5. The summed E-state index contributed by atoms with van der Waals surface area (Å²) in [5, 5.41) is 0. The van der Waals surface area contributed by atoms with Crippen molar-refractivity contribution >= 4 is 5.97 Å². The summed E-state index contributed by atoms with van der Waals surface area (Å²) in [5.41, 5.74) is 6.99. The molecule has 1 saturated heterocycles. The minimum Gasteiger partial charge on any atom is -0.469 e. The highest BCUT2D eigenvalue weighted by molar-refractivity contribution is 5.78. The Morgan fingerprint density at radius 3 is 2.70 bits per heavy atom. The number of hydrogen-bond acceptors (Lipinski definition) is 4. The van der Waals surface area contributed by atoms with Gasteiger partial charge in [0, 0.05) is 19.1 Å². The van der Waals surface area contributed by atoms with Gasteiger partial charge in [-0.3, -0.25) is 4.79 Å². The predicted molar refractivity (Wildman–Crippen MR) is 79.4 cm³/mol. The van der Waals surface area contributed by atoms with Crippen LogP contribution in [-0.2, 0) is 9.53 Å². The zero-order valence-corrected chi connectivity index (χ0v) is 12.3. The molecular weight excluding hydrogens is 252 g/mol. The van der Waals surface area contributed by atoms with E-state index in [0.29, 0.717) is 12.5 Å². The van der Waals surface area contributed by atoms with Crippen LogP contribution in [0, 0.1) is 5.92 Å². The normalized spacial score (nSPS) is 22.4. The summed E-state index contributed by atoms with van der Waals surface area (Å²) in [6.45, 7) is 4.74. The Kier molecular flexibility index (Phi) is 5.15. The minimum absolute atomic E-state index is 0.166. The maximum atomic E-state index is 12.0. The lowest BCUT2D eigenvalue weighted by molar-refractivity contribution is -0.142. The molecule has 1 aromatic rings. The van der Waals surface area contributed by atoms with Crippen LogP contribution in [0.15, 0.2) is 30.3 Å². The predicted octanol–water partition coefficient (Wildman–Crippen LogP) is 1.61. The van der Waals surface area contributed by atoms with E-state index < -0.39 is 0 Å². The second-order valence-corrected chi connectivity index (χ2v) is 5.65. The van der Waals surface area contributed by atoms with E-state index in [-0.39, 0.29) is 17.9 Å². The molecule has 2 N–H and O–H groups in total. The van der Waals surface area contributed by atoms with Crippen LogP contribution in [0.3, 0.4) is 0 Å². The lowest BCUT2D eigenvalue weighted by Crippen LogP contribution is -2.33. The van der Waals surface area contributed by atoms with E-state index in [4.69, 9.17) is 10.5 Å². The molecule has 1 aromatic carbocycles. The molecule has 2 rings (SSSR count). The summed E-state index contributed by atoms with van der Waals surface area (Å²) in [6.07, 6.45) is 1.11. The fourth-order valence-corrected chi connectivity index (χ4v) is 2.86. The van der Waals surface area contributed by atoms with Crippen LogP contribution in [0.25, 0.3) is 0 Å². The van der Waals surface area contributed by atoms with Gasteiger partial charge in [-0.25, -0.2) is 0 Å². The minimum atomic E-state index is -0.215. The Balaban J connectivity index is 2.04. The van der Waals surface area contributed by atoms with Crippen LogP contribution in [-0.4, -0.2) is 43.7 Å². The van der Waals surface area contributed by atoms with Crippen molar-refractivity contribution < 1.29 is 9.53 Å². The van der Waals surface area contributed by atoms with Crippen molar-refractivity contribution in [3.63, 3.8) is 0 Å². The second kappa shape index (κ2) is 6.86. The molecule has 3 unspecified atom stereocenters. The fourth-order valence-electron chi connectivity index (χ4n) is 2.86. The molecule has 0 radical (unpaired) electrons. The first-order chi connectivity index (χ1) is 9.61. The molecule has 0 spiro atoms. The first kappa shape index (κ1) is 15.0. The number of carbonyl (C=O) groups excluding carboxylic acids is 1. The van der Waals surface area contributed by atoms with Gasteiger partial charge < -0.3 is 15.4 Å². The van der Waals surface area contributed by atoms with Gasteiger partial charge in [0.1, 0.15) is 0 Å². The second-order valence-electron chi connectivity index (χ2n) is 5.65. The van der Waals surface area contributed by atoms with Gasteiger partial charge in [0.15, 0.2) is 0 Å². The van der Waals surface area contributed by atoms with Crippen molar-refractivity contribution in [3.8, 4) is 0 Å². The van der Waals surface area contributed by atoms with Gasteiger partial charge in [0.2, 0.25) is 0 Å². The third kappa shape index (κ3) is 3.58. The van der Waals surface area contributed by atoms with Crippen molar-refractivity contribution in [1.29, 1.82) is 0 Å². The SMILES string of the molecule is COC(=O)C(CN1CCC(C(C)N)C1)c1ccccc1. The summed E-state index contributed by atoms with van der Waals surface area (Å²) in [6, 6.07) is 10.1. The van der Waals surface area contributed by atoms with E-state index >= 15 is 0 Å². The zero-order valence-electron chi connectivity index (χ0n) is 12.3. The Hall–Kier alpha value is -1.39. The number of nitrogens with two attached hydrogens (primary N) is 1. The molecule has 4 heteroatoms. The highest BCUT2D eigenvalue weighted by atomic mass is 16.5. The third-order valence-corrected chi connectivity index (χ3v) is 4.18. The number of carbonyl (C=O) groups is 1. The molecule has 0 aromatic heterocycles. The summed E-state index contributed by atoms with van der Waals surface area (Å²) in [5.74, 6) is 0.151. The average Bonchev–Trinajstić information content (AvgIpc) is 2.94. The molecule has 0 amide bonds. The molecule has 20 heavy (non-hydrogen) atoms. The molecule has 0 saturated carbocycles. The van der Waals surface area contributed by atoms with Gasteiger partial charge in [-0.05, 0) is 31.4 Å². The topological polar surface area (TPSA) is 55.6 Å². The summed E-state index contributed by atoms with van der Waals surface area (Å²) in [7, 11) is 1.45. The summed E-state index contributed by atoms with van der Waals surface area (Å²) < 4.78 is 4.96. The zero-order chi connectivity index (χ0) is 14.5. The van der Waals surface area contributed by atoms with Gasteiger partial charge in [0.25, 0.3) is 0 Å². The van der Waals surface area contributed by atoms with Gasteiger partial charge in [-0.15, -0.1) is 0 Å². The smallest absolute Gasteiger partial charge is 0.314 e. The van der Waals surface area contributed by atoms with Crippen LogP contribution in [0.5, 0.6) is 0 Å². The van der Waals surface area contributed by atoms with Gasteiger partial charge in [-0.1, -0.05) is 30.3 Å². The highest BCUT2D eigenvalue weighted by Crippen LogP contribution is 2.24. The summed E-state index contributed by atoms with van der Waals surface area (Å²) in [4.78, 5) is 14.4. The number of hydrogen-bond donors (Lipinski definition) is 1. The van der Waals surface area contributed by atoms with Crippen molar-refractivity contribution in [1.82, 2.24) is 4.90 Å². The van der Waals surface area contributed by atoms with Crippen LogP contribution >= 0.6 is 0 Å². The van der Waals surface area contributed by atoms with E-state index in [1.165, 1.54) is 7.11 Å². The molecular formula is C16H24N2O2. The van der Waals surface area contributed by atoms with Crippen molar-refractivity contribution in [2.24, 2.45) is 11.7 Å². The van der Waals surface area contributed by atoms with E-state index in [0.717, 1.165) is 25.1 Å². The van der Waals surface area contributed by atoms with Crippen molar-refractivity contribution in [2.45, 2.75) is 25.3 Å². The lowest BCUT2D eigenvalue weighted by atomic mass is 9.98. The largest absolute Gasteiger partial charge is 0.469 e. The number of likely N-dealkylation sites (tertiary alicyclic amines) is 1. The molecule has 1 aliphatic rings. The van der Waals surface area contributed by atoms with E-state index in [1.807, 2.05) is 30.3 Å². The number of esters is 1. The van der Waals surface area contributed by atoms with Crippen LogP contribution in [0.4, 0.5) is 0 Å². The van der Waals surface area contributed by atoms with Gasteiger partial charge in [0.05, 0.1) is 13.0 Å². The third-order valence-electron chi connectivity index (χ3n) is 4.18. The van der Waals surface area contributed by atoms with Gasteiger partial charge in [-0.2, -0.15) is 0 Å². The molecule has 1 aliphatic heterocycles. The van der Waals surface area contributed by atoms with Crippen LogP contribution in [0.1, 0.15) is 24.8 Å². The fraction of sp³-hybridized carbons (Fsp3) is 0.562. The maximum absolute atomic E-state index is 12.0. The van der Waals surface area contributed by atoms with Gasteiger partial charge >= 0.3 is 5.97 Å². The van der Waals surface area contributed by atoms with Crippen molar-refractivity contribution in [3.05, 3.63) is 35.9 Å². The first-order valence-corrected chi connectivity index (χ1v) is 7.22.